The largest absolute Gasteiger partial charge is 0.351 e. The Kier molecular flexibility index (Phi) is 4.84. The normalized spacial score (nSPS) is 19.6. The molecule has 0 aromatic heterocycles. The summed E-state index contributed by atoms with van der Waals surface area (Å²) in [6.45, 7) is 1.55. The Morgan fingerprint density at radius 3 is 2.12 bits per heavy atom. The summed E-state index contributed by atoms with van der Waals surface area (Å²) in [4.78, 5) is 4.24. The SMILES string of the molecule is Fc1ccc2c(c1)CCc1cc(F)ccc1N2C1CCCN(C(=S)Cl)C1. The van der Waals surface area contributed by atoms with Gasteiger partial charge in [0.2, 0.25) is 0 Å². The summed E-state index contributed by atoms with van der Waals surface area (Å²) in [6.07, 6.45) is 3.32. The van der Waals surface area contributed by atoms with Gasteiger partial charge in [0.1, 0.15) is 11.6 Å². The molecule has 0 saturated carbocycles. The fraction of sp³-hybridized carbons (Fsp3) is 0.350. The summed E-state index contributed by atoms with van der Waals surface area (Å²) in [5, 5.41) is 0. The zero-order valence-electron chi connectivity index (χ0n) is 14.2. The number of hydrogen-bond acceptors (Lipinski definition) is 2. The fourth-order valence-electron chi connectivity index (χ4n) is 4.10. The third-order valence-corrected chi connectivity index (χ3v) is 5.77. The second kappa shape index (κ2) is 7.12. The van der Waals surface area contributed by atoms with Crippen LogP contribution in [0.15, 0.2) is 36.4 Å². The smallest absolute Gasteiger partial charge is 0.170 e. The Labute approximate surface area is 162 Å². The van der Waals surface area contributed by atoms with Crippen molar-refractivity contribution in [1.82, 2.24) is 4.90 Å². The Balaban J connectivity index is 1.82. The highest BCUT2D eigenvalue weighted by molar-refractivity contribution is 7.83. The molecule has 2 aromatic carbocycles. The molecule has 6 heteroatoms. The van der Waals surface area contributed by atoms with Gasteiger partial charge in [-0.3, -0.25) is 0 Å². The van der Waals surface area contributed by atoms with Gasteiger partial charge in [-0.2, -0.15) is 0 Å². The van der Waals surface area contributed by atoms with Crippen molar-refractivity contribution in [2.75, 3.05) is 18.0 Å². The number of halogens is 3. The maximum absolute atomic E-state index is 13.8. The fourth-order valence-corrected chi connectivity index (χ4v) is 4.42. The lowest BCUT2D eigenvalue weighted by molar-refractivity contribution is 0.315. The van der Waals surface area contributed by atoms with Crippen LogP contribution in [-0.2, 0) is 12.8 Å². The molecule has 0 radical (unpaired) electrons. The predicted octanol–water partition coefficient (Wildman–Crippen LogP) is 5.19. The van der Waals surface area contributed by atoms with Gasteiger partial charge in [0, 0.05) is 24.5 Å². The van der Waals surface area contributed by atoms with E-state index in [-0.39, 0.29) is 17.7 Å². The molecule has 1 unspecified atom stereocenters. The van der Waals surface area contributed by atoms with E-state index in [1.807, 2.05) is 17.0 Å². The van der Waals surface area contributed by atoms with Crippen molar-refractivity contribution >= 4 is 39.6 Å². The predicted molar refractivity (Wildman–Crippen MR) is 105 cm³/mol. The minimum absolute atomic E-state index is 0.145. The summed E-state index contributed by atoms with van der Waals surface area (Å²) < 4.78 is 28.1. The van der Waals surface area contributed by atoms with Gasteiger partial charge >= 0.3 is 0 Å². The first kappa shape index (κ1) is 17.7. The van der Waals surface area contributed by atoms with Crippen LogP contribution in [-0.4, -0.2) is 28.5 Å². The number of rotatable bonds is 1. The average molecular weight is 393 g/mol. The molecule has 0 amide bonds. The van der Waals surface area contributed by atoms with E-state index in [4.69, 9.17) is 23.8 Å². The highest BCUT2D eigenvalue weighted by atomic mass is 35.5. The highest BCUT2D eigenvalue weighted by Gasteiger charge is 2.31. The van der Waals surface area contributed by atoms with Crippen molar-refractivity contribution < 1.29 is 8.78 Å². The molecule has 0 bridgehead atoms. The monoisotopic (exact) mass is 392 g/mol. The summed E-state index contributed by atoms with van der Waals surface area (Å²) in [5.74, 6) is -0.485. The molecular weight excluding hydrogens is 374 g/mol. The number of fused-ring (bicyclic) bond motifs is 2. The topological polar surface area (TPSA) is 6.48 Å². The van der Waals surface area contributed by atoms with E-state index in [0.29, 0.717) is 23.8 Å². The van der Waals surface area contributed by atoms with Gasteiger partial charge in [0.25, 0.3) is 0 Å². The molecule has 4 rings (SSSR count). The van der Waals surface area contributed by atoms with Crippen LogP contribution in [0.3, 0.4) is 0 Å². The van der Waals surface area contributed by atoms with Gasteiger partial charge in [-0.25, -0.2) is 8.78 Å². The number of nitrogens with zero attached hydrogens (tertiary/aromatic N) is 2. The van der Waals surface area contributed by atoms with Gasteiger partial charge in [-0.05, 0) is 85.4 Å². The summed E-state index contributed by atoms with van der Waals surface area (Å²) >= 11 is 11.2. The van der Waals surface area contributed by atoms with Crippen molar-refractivity contribution in [2.24, 2.45) is 0 Å². The number of hydrogen-bond donors (Lipinski definition) is 0. The minimum Gasteiger partial charge on any atom is -0.351 e. The highest BCUT2D eigenvalue weighted by Crippen LogP contribution is 2.40. The van der Waals surface area contributed by atoms with Gasteiger partial charge in [-0.1, -0.05) is 11.6 Å². The van der Waals surface area contributed by atoms with Gasteiger partial charge in [0.05, 0.1) is 6.04 Å². The summed E-state index contributed by atoms with van der Waals surface area (Å²) in [7, 11) is 0. The third-order valence-electron chi connectivity index (χ3n) is 5.28. The number of aryl methyl sites for hydroxylation is 2. The van der Waals surface area contributed by atoms with Crippen molar-refractivity contribution in [3.63, 3.8) is 0 Å². The Bertz CT molecular complexity index is 804. The third kappa shape index (κ3) is 3.30. The Morgan fingerprint density at radius 1 is 1.00 bits per heavy atom. The van der Waals surface area contributed by atoms with Crippen molar-refractivity contribution in [2.45, 2.75) is 31.7 Å². The van der Waals surface area contributed by atoms with E-state index >= 15 is 0 Å². The molecule has 2 nitrogen and oxygen atoms in total. The van der Waals surface area contributed by atoms with Gasteiger partial charge < -0.3 is 9.80 Å². The molecule has 2 aromatic rings. The van der Waals surface area contributed by atoms with Crippen LogP contribution in [0.4, 0.5) is 20.2 Å². The molecule has 0 aliphatic carbocycles. The molecule has 2 aliphatic rings. The van der Waals surface area contributed by atoms with Crippen molar-refractivity contribution in [3.8, 4) is 0 Å². The summed E-state index contributed by atoms with van der Waals surface area (Å²) in [6, 6.07) is 9.99. The first-order valence-corrected chi connectivity index (χ1v) is 9.62. The summed E-state index contributed by atoms with van der Waals surface area (Å²) in [5.41, 5.74) is 3.88. The van der Waals surface area contributed by atoms with Crippen LogP contribution in [0.1, 0.15) is 24.0 Å². The lowest BCUT2D eigenvalue weighted by Crippen LogP contribution is -2.47. The van der Waals surface area contributed by atoms with Crippen LogP contribution in [0, 0.1) is 11.6 Å². The molecule has 1 atom stereocenters. The first-order valence-electron chi connectivity index (χ1n) is 8.83. The number of benzene rings is 2. The standard InChI is InChI=1S/C20H19ClF2N2S/c21-20(26)24-9-1-2-17(12-24)25-18-7-5-15(22)10-13(18)3-4-14-11-16(23)6-8-19(14)25/h5-8,10-11,17H,1-4,9,12H2. The molecular formula is C20H19ClF2N2S. The van der Waals surface area contributed by atoms with E-state index in [9.17, 15) is 8.78 Å². The lowest BCUT2D eigenvalue weighted by Gasteiger charge is -2.41. The second-order valence-corrected chi connectivity index (χ2v) is 7.88. The zero-order chi connectivity index (χ0) is 18.3. The number of thiocarbonyl (C=S) groups is 1. The minimum atomic E-state index is -0.243. The second-order valence-electron chi connectivity index (χ2n) is 6.91. The molecule has 26 heavy (non-hydrogen) atoms. The lowest BCUT2D eigenvalue weighted by atomic mass is 10.0. The van der Waals surface area contributed by atoms with E-state index in [1.54, 1.807) is 12.1 Å². The van der Waals surface area contributed by atoms with Gasteiger partial charge in [0.15, 0.2) is 4.45 Å². The quantitative estimate of drug-likeness (QED) is 0.374. The average Bonchev–Trinajstić information content (AvgIpc) is 2.78. The van der Waals surface area contributed by atoms with Crippen molar-refractivity contribution in [1.29, 1.82) is 0 Å². The van der Waals surface area contributed by atoms with E-state index in [2.05, 4.69) is 4.90 Å². The molecule has 136 valence electrons. The molecule has 0 spiro atoms. The molecule has 2 heterocycles. The van der Waals surface area contributed by atoms with Crippen LogP contribution < -0.4 is 4.90 Å². The number of anilines is 2. The van der Waals surface area contributed by atoms with Crippen LogP contribution in [0.25, 0.3) is 0 Å². The van der Waals surface area contributed by atoms with Crippen LogP contribution in [0.2, 0.25) is 0 Å². The van der Waals surface area contributed by atoms with Gasteiger partial charge in [-0.15, -0.1) is 0 Å². The van der Waals surface area contributed by atoms with Crippen LogP contribution >= 0.6 is 23.8 Å². The van der Waals surface area contributed by atoms with Crippen LogP contribution in [0.5, 0.6) is 0 Å². The zero-order valence-corrected chi connectivity index (χ0v) is 15.8. The van der Waals surface area contributed by atoms with Crippen molar-refractivity contribution in [3.05, 3.63) is 59.2 Å². The van der Waals surface area contributed by atoms with E-state index in [0.717, 1.165) is 41.9 Å². The number of likely N-dealkylation sites (tertiary alicyclic amines) is 1. The first-order chi connectivity index (χ1) is 12.5. The Morgan fingerprint density at radius 2 is 1.58 bits per heavy atom. The molecule has 1 fully saturated rings. The van der Waals surface area contributed by atoms with E-state index in [1.165, 1.54) is 12.1 Å². The Hall–Kier alpha value is -1.72. The molecule has 1 saturated heterocycles. The van der Waals surface area contributed by atoms with E-state index < -0.39 is 0 Å². The number of piperidine rings is 1. The molecule has 2 aliphatic heterocycles. The maximum atomic E-state index is 13.8. The maximum Gasteiger partial charge on any atom is 0.170 e. The molecule has 0 N–H and O–H groups in total.